The summed E-state index contributed by atoms with van der Waals surface area (Å²) >= 11 is 3.42. The minimum absolute atomic E-state index is 0.700. The smallest absolute Gasteiger partial charge is 0.157 e. The Morgan fingerprint density at radius 1 is 1.12 bits per heavy atom. The number of imidazole rings is 1. The molecule has 2 aromatic carbocycles. The minimum atomic E-state index is 0.700. The number of ether oxygens (including phenoxy) is 1. The van der Waals surface area contributed by atoms with E-state index in [-0.39, 0.29) is 0 Å². The van der Waals surface area contributed by atoms with E-state index in [1.165, 1.54) is 0 Å². The number of aromatic nitrogens is 3. The Hall–Kier alpha value is -2.86. The number of benzene rings is 2. The lowest BCUT2D eigenvalue weighted by molar-refractivity contribution is 0.410. The molecule has 2 aromatic heterocycles. The van der Waals surface area contributed by atoms with Crippen LogP contribution in [0.3, 0.4) is 0 Å². The predicted molar refractivity (Wildman–Crippen MR) is 107 cm³/mol. The van der Waals surface area contributed by atoms with Gasteiger partial charge in [-0.05, 0) is 52.3 Å². The van der Waals surface area contributed by atoms with Gasteiger partial charge in [-0.2, -0.15) is 0 Å². The third-order valence-electron chi connectivity index (χ3n) is 4.14. The van der Waals surface area contributed by atoms with Gasteiger partial charge in [-0.3, -0.25) is 0 Å². The van der Waals surface area contributed by atoms with E-state index in [9.17, 15) is 0 Å². The molecule has 0 fully saturated rings. The van der Waals surface area contributed by atoms with Crippen LogP contribution < -0.4 is 10.1 Å². The lowest BCUT2D eigenvalue weighted by atomic mass is 10.1. The Labute approximate surface area is 159 Å². The maximum Gasteiger partial charge on any atom is 0.157 e. The number of halogens is 1. The summed E-state index contributed by atoms with van der Waals surface area (Å²) in [5.74, 6) is 1.69. The van der Waals surface area contributed by atoms with Crippen LogP contribution in [0.25, 0.3) is 22.6 Å². The number of rotatable bonds is 5. The monoisotopic (exact) mass is 408 g/mol. The molecule has 0 spiro atoms. The van der Waals surface area contributed by atoms with Crippen molar-refractivity contribution in [3.63, 3.8) is 0 Å². The van der Waals surface area contributed by atoms with Crippen LogP contribution in [0, 0.1) is 0 Å². The quantitative estimate of drug-likeness (QED) is 0.487. The van der Waals surface area contributed by atoms with E-state index in [2.05, 4.69) is 42.3 Å². The maximum atomic E-state index is 5.39. The molecule has 2 N–H and O–H groups in total. The number of methoxy groups -OCH3 is 1. The first-order chi connectivity index (χ1) is 12.7. The van der Waals surface area contributed by atoms with E-state index in [1.54, 1.807) is 13.3 Å². The Morgan fingerprint density at radius 2 is 1.92 bits per heavy atom. The molecule has 0 radical (unpaired) electrons. The molecular weight excluding hydrogens is 392 g/mol. The second-order valence-corrected chi connectivity index (χ2v) is 6.77. The molecule has 6 heteroatoms. The first kappa shape index (κ1) is 16.6. The minimum Gasteiger partial charge on any atom is -0.496 e. The highest BCUT2D eigenvalue weighted by molar-refractivity contribution is 9.10. The van der Waals surface area contributed by atoms with Crippen molar-refractivity contribution in [1.82, 2.24) is 15.0 Å². The summed E-state index contributed by atoms with van der Waals surface area (Å²) in [5, 5.41) is 3.42. The van der Waals surface area contributed by atoms with E-state index in [4.69, 9.17) is 4.74 Å². The van der Waals surface area contributed by atoms with Gasteiger partial charge in [-0.25, -0.2) is 9.97 Å². The van der Waals surface area contributed by atoms with Crippen molar-refractivity contribution >= 4 is 32.8 Å². The number of anilines is 1. The molecule has 0 saturated heterocycles. The average Bonchev–Trinajstić information content (AvgIpc) is 3.10. The van der Waals surface area contributed by atoms with Crippen molar-refractivity contribution in [3.8, 4) is 17.1 Å². The molecule has 5 nitrogen and oxygen atoms in total. The van der Waals surface area contributed by atoms with Crippen LogP contribution in [-0.4, -0.2) is 22.1 Å². The lowest BCUT2D eigenvalue weighted by Gasteiger charge is -2.10. The number of para-hydroxylation sites is 1. The zero-order valence-corrected chi connectivity index (χ0v) is 15.7. The number of nitrogens with one attached hydrogen (secondary N) is 2. The van der Waals surface area contributed by atoms with E-state index in [0.717, 1.165) is 44.0 Å². The molecule has 130 valence electrons. The first-order valence-corrected chi connectivity index (χ1v) is 9.00. The summed E-state index contributed by atoms with van der Waals surface area (Å²) in [6, 6.07) is 18.1. The molecule has 0 saturated carbocycles. The third-order valence-corrected chi connectivity index (χ3v) is 4.57. The number of H-pyrrole nitrogens is 1. The van der Waals surface area contributed by atoms with E-state index in [0.29, 0.717) is 6.54 Å². The molecule has 0 amide bonds. The summed E-state index contributed by atoms with van der Waals surface area (Å²) < 4.78 is 6.30. The second kappa shape index (κ2) is 7.17. The molecule has 0 bridgehead atoms. The topological polar surface area (TPSA) is 62.8 Å². The van der Waals surface area contributed by atoms with Crippen LogP contribution in [0.5, 0.6) is 5.75 Å². The second-order valence-electron chi connectivity index (χ2n) is 5.85. The zero-order chi connectivity index (χ0) is 17.9. The van der Waals surface area contributed by atoms with Crippen molar-refractivity contribution in [2.75, 3.05) is 12.4 Å². The van der Waals surface area contributed by atoms with E-state index in [1.807, 2.05) is 48.5 Å². The molecule has 4 rings (SSSR count). The Kier molecular flexibility index (Phi) is 4.58. The van der Waals surface area contributed by atoms with Crippen LogP contribution in [0.4, 0.5) is 5.69 Å². The van der Waals surface area contributed by atoms with Gasteiger partial charge in [0, 0.05) is 34.0 Å². The average molecular weight is 409 g/mol. The molecule has 2 heterocycles. The van der Waals surface area contributed by atoms with Crippen molar-refractivity contribution in [2.24, 2.45) is 0 Å². The Morgan fingerprint density at radius 3 is 2.73 bits per heavy atom. The predicted octanol–water partition coefficient (Wildman–Crippen LogP) is 5.01. The van der Waals surface area contributed by atoms with Crippen LogP contribution >= 0.6 is 15.9 Å². The van der Waals surface area contributed by atoms with Crippen LogP contribution in [-0.2, 0) is 6.54 Å². The van der Waals surface area contributed by atoms with Crippen molar-refractivity contribution in [2.45, 2.75) is 6.54 Å². The zero-order valence-electron chi connectivity index (χ0n) is 14.2. The lowest BCUT2D eigenvalue weighted by Crippen LogP contribution is -2.01. The highest BCUT2D eigenvalue weighted by atomic mass is 79.9. The molecule has 0 atom stereocenters. The summed E-state index contributed by atoms with van der Waals surface area (Å²) in [6.45, 7) is 0.700. The van der Waals surface area contributed by atoms with Gasteiger partial charge < -0.3 is 15.0 Å². The Bertz CT molecular complexity index is 1040. The molecule has 0 aliphatic heterocycles. The SMILES string of the molecule is COc1ccccc1CNc1ccc(-c2nc3cc(Br)cnc3[nH]2)cc1. The van der Waals surface area contributed by atoms with Crippen molar-refractivity contribution in [3.05, 3.63) is 70.8 Å². The van der Waals surface area contributed by atoms with Crippen molar-refractivity contribution < 1.29 is 4.74 Å². The number of nitrogens with zero attached hydrogens (tertiary/aromatic N) is 2. The summed E-state index contributed by atoms with van der Waals surface area (Å²) in [4.78, 5) is 12.2. The summed E-state index contributed by atoms with van der Waals surface area (Å²) in [7, 11) is 1.69. The van der Waals surface area contributed by atoms with Gasteiger partial charge in [0.05, 0.1) is 7.11 Å². The van der Waals surface area contributed by atoms with Gasteiger partial charge in [-0.1, -0.05) is 18.2 Å². The van der Waals surface area contributed by atoms with Crippen LogP contribution in [0.2, 0.25) is 0 Å². The van der Waals surface area contributed by atoms with E-state index < -0.39 is 0 Å². The number of hydrogen-bond donors (Lipinski definition) is 2. The number of pyridine rings is 1. The molecule has 4 aromatic rings. The molecule has 0 aliphatic rings. The molecule has 26 heavy (non-hydrogen) atoms. The molecule has 0 aliphatic carbocycles. The third kappa shape index (κ3) is 3.41. The van der Waals surface area contributed by atoms with Gasteiger partial charge in [0.2, 0.25) is 0 Å². The Balaban J connectivity index is 1.51. The highest BCUT2D eigenvalue weighted by Gasteiger charge is 2.07. The summed E-state index contributed by atoms with van der Waals surface area (Å²) in [5.41, 5.74) is 4.79. The standard InChI is InChI=1S/C20H17BrN4O/c1-26-18-5-3-2-4-14(18)11-22-16-8-6-13(7-9-16)19-24-17-10-15(21)12-23-20(17)25-19/h2-10,12,22H,11H2,1H3,(H,23,24,25). The summed E-state index contributed by atoms with van der Waals surface area (Å²) in [6.07, 6.45) is 1.76. The number of aromatic amines is 1. The fourth-order valence-corrected chi connectivity index (χ4v) is 3.12. The van der Waals surface area contributed by atoms with Gasteiger partial charge in [0.15, 0.2) is 5.65 Å². The highest BCUT2D eigenvalue weighted by Crippen LogP contribution is 2.24. The van der Waals surface area contributed by atoms with Crippen molar-refractivity contribution in [1.29, 1.82) is 0 Å². The fourth-order valence-electron chi connectivity index (χ4n) is 2.80. The number of hydrogen-bond acceptors (Lipinski definition) is 4. The van der Waals surface area contributed by atoms with Gasteiger partial charge in [-0.15, -0.1) is 0 Å². The molecule has 0 unspecified atom stereocenters. The largest absolute Gasteiger partial charge is 0.496 e. The normalized spacial score (nSPS) is 10.8. The maximum absolute atomic E-state index is 5.39. The molecular formula is C20H17BrN4O. The number of fused-ring (bicyclic) bond motifs is 1. The fraction of sp³-hybridized carbons (Fsp3) is 0.100. The van der Waals surface area contributed by atoms with Gasteiger partial charge in [0.25, 0.3) is 0 Å². The first-order valence-electron chi connectivity index (χ1n) is 8.20. The van der Waals surface area contributed by atoms with Gasteiger partial charge >= 0.3 is 0 Å². The van der Waals surface area contributed by atoms with Crippen LogP contribution in [0.15, 0.2) is 65.3 Å². The van der Waals surface area contributed by atoms with Crippen LogP contribution in [0.1, 0.15) is 5.56 Å². The van der Waals surface area contributed by atoms with E-state index >= 15 is 0 Å². The van der Waals surface area contributed by atoms with Gasteiger partial charge in [0.1, 0.15) is 17.1 Å².